The molecule has 0 unspecified atom stereocenters. The molecular formula is C10H10FNO4S. The molecule has 0 aromatic heterocycles. The Morgan fingerprint density at radius 2 is 2.12 bits per heavy atom. The van der Waals surface area contributed by atoms with Gasteiger partial charge in [0.1, 0.15) is 10.6 Å². The fourth-order valence-electron chi connectivity index (χ4n) is 1.32. The zero-order valence-corrected chi connectivity index (χ0v) is 10.0. The molecule has 17 heavy (non-hydrogen) atoms. The maximum atomic E-state index is 13.9. The smallest absolute Gasteiger partial charge is 0.235 e. The van der Waals surface area contributed by atoms with E-state index in [9.17, 15) is 17.6 Å². The van der Waals surface area contributed by atoms with Gasteiger partial charge in [-0.15, -0.1) is 0 Å². The molecule has 0 saturated carbocycles. The van der Waals surface area contributed by atoms with Crippen molar-refractivity contribution in [2.24, 2.45) is 4.99 Å². The largest absolute Gasteiger partial charge is 0.495 e. The molecule has 1 aromatic rings. The van der Waals surface area contributed by atoms with Crippen molar-refractivity contribution in [1.82, 2.24) is 0 Å². The molecule has 7 heteroatoms. The van der Waals surface area contributed by atoms with E-state index in [2.05, 4.69) is 4.99 Å². The Bertz CT molecular complexity index is 576. The Kier molecular flexibility index (Phi) is 3.98. The topological polar surface area (TPSA) is 72.8 Å². The molecular weight excluding hydrogens is 249 g/mol. The van der Waals surface area contributed by atoms with Gasteiger partial charge in [0.05, 0.1) is 13.7 Å². The number of methoxy groups -OCH3 is 1. The summed E-state index contributed by atoms with van der Waals surface area (Å²) in [6.45, 7) is -0.262. The van der Waals surface area contributed by atoms with Crippen LogP contribution in [0.15, 0.2) is 22.0 Å². The van der Waals surface area contributed by atoms with E-state index in [1.165, 1.54) is 25.3 Å². The van der Waals surface area contributed by atoms with Crippen molar-refractivity contribution in [3.63, 3.8) is 0 Å². The van der Waals surface area contributed by atoms with Crippen LogP contribution in [0.2, 0.25) is 0 Å². The fraction of sp³-hybridized carbons (Fsp3) is 0.300. The Hall–Kier alpha value is -1.72. The molecule has 0 atom stereocenters. The number of aliphatic imine (C=N–C) groups is 1. The van der Waals surface area contributed by atoms with Gasteiger partial charge in [-0.1, -0.05) is 6.07 Å². The van der Waals surface area contributed by atoms with Crippen molar-refractivity contribution in [3.05, 3.63) is 23.5 Å². The summed E-state index contributed by atoms with van der Waals surface area (Å²) in [5.74, 6) is -1.03. The van der Waals surface area contributed by atoms with Gasteiger partial charge in [-0.25, -0.2) is 22.6 Å². The van der Waals surface area contributed by atoms with Crippen molar-refractivity contribution in [2.75, 3.05) is 13.4 Å². The molecule has 0 radical (unpaired) electrons. The second-order valence-corrected chi connectivity index (χ2v) is 5.20. The first-order valence-electron chi connectivity index (χ1n) is 4.51. The first kappa shape index (κ1) is 13.3. The van der Waals surface area contributed by atoms with Crippen LogP contribution < -0.4 is 4.74 Å². The summed E-state index contributed by atoms with van der Waals surface area (Å²) in [5.41, 5.74) is -0.00502. The van der Waals surface area contributed by atoms with Gasteiger partial charge in [0.2, 0.25) is 6.08 Å². The third-order valence-electron chi connectivity index (χ3n) is 2.05. The molecule has 0 amide bonds. The quantitative estimate of drug-likeness (QED) is 0.599. The number of nitrogens with zero attached hydrogens (tertiary/aromatic N) is 1. The molecule has 0 aliphatic heterocycles. The monoisotopic (exact) mass is 259 g/mol. The van der Waals surface area contributed by atoms with Gasteiger partial charge in [0.25, 0.3) is 0 Å². The lowest BCUT2D eigenvalue weighted by atomic mass is 10.2. The van der Waals surface area contributed by atoms with Gasteiger partial charge >= 0.3 is 0 Å². The first-order valence-corrected chi connectivity index (χ1v) is 6.40. The van der Waals surface area contributed by atoms with Gasteiger partial charge in [-0.2, -0.15) is 0 Å². The van der Waals surface area contributed by atoms with Crippen molar-refractivity contribution >= 4 is 15.9 Å². The van der Waals surface area contributed by atoms with Crippen molar-refractivity contribution in [3.8, 4) is 5.75 Å². The first-order chi connectivity index (χ1) is 7.91. The van der Waals surface area contributed by atoms with E-state index in [-0.39, 0.29) is 17.9 Å². The molecule has 0 aliphatic carbocycles. The van der Waals surface area contributed by atoms with Gasteiger partial charge in [0, 0.05) is 11.8 Å². The molecule has 0 saturated heterocycles. The van der Waals surface area contributed by atoms with E-state index in [0.29, 0.717) is 0 Å². The predicted octanol–water partition coefficient (Wildman–Crippen LogP) is 1.07. The van der Waals surface area contributed by atoms with Crippen LogP contribution in [0.3, 0.4) is 0 Å². The number of ether oxygens (including phenoxy) is 1. The number of isocyanates is 1. The van der Waals surface area contributed by atoms with Crippen LogP contribution in [-0.2, 0) is 21.2 Å². The number of sulfone groups is 1. The maximum Gasteiger partial charge on any atom is 0.235 e. The molecule has 1 rings (SSSR count). The maximum absolute atomic E-state index is 13.9. The highest BCUT2D eigenvalue weighted by molar-refractivity contribution is 7.90. The molecule has 0 bridgehead atoms. The summed E-state index contributed by atoms with van der Waals surface area (Å²) in [4.78, 5) is 12.6. The van der Waals surface area contributed by atoms with Crippen LogP contribution >= 0.6 is 0 Å². The van der Waals surface area contributed by atoms with Crippen molar-refractivity contribution < 1.29 is 22.3 Å². The van der Waals surface area contributed by atoms with Crippen LogP contribution in [0.25, 0.3) is 0 Å². The van der Waals surface area contributed by atoms with Crippen LogP contribution in [0, 0.1) is 5.82 Å². The average Bonchev–Trinajstić information content (AvgIpc) is 2.25. The summed E-state index contributed by atoms with van der Waals surface area (Å²) in [7, 11) is -2.52. The lowest BCUT2D eigenvalue weighted by Gasteiger charge is -2.10. The highest BCUT2D eigenvalue weighted by atomic mass is 32.2. The minimum atomic E-state index is -3.76. The number of rotatable bonds is 4. The van der Waals surface area contributed by atoms with Crippen molar-refractivity contribution in [1.29, 1.82) is 0 Å². The predicted molar refractivity (Wildman–Crippen MR) is 57.9 cm³/mol. The van der Waals surface area contributed by atoms with Gasteiger partial charge in [-0.05, 0) is 6.07 Å². The molecule has 92 valence electrons. The van der Waals surface area contributed by atoms with E-state index < -0.39 is 20.5 Å². The van der Waals surface area contributed by atoms with E-state index in [0.717, 1.165) is 6.26 Å². The van der Waals surface area contributed by atoms with E-state index in [4.69, 9.17) is 4.74 Å². The summed E-state index contributed by atoms with van der Waals surface area (Å²) in [6, 6.07) is 2.62. The third-order valence-corrected chi connectivity index (χ3v) is 3.17. The van der Waals surface area contributed by atoms with Crippen LogP contribution in [-0.4, -0.2) is 27.9 Å². The second-order valence-electron chi connectivity index (χ2n) is 3.25. The zero-order valence-electron chi connectivity index (χ0n) is 9.23. The standard InChI is InChI=1S/C10H10FNO4S/c1-16-8-4-3-7(5-12-6-13)9(11)10(8)17(2,14)15/h3-4H,5H2,1-2H3. The molecule has 0 spiro atoms. The summed E-state index contributed by atoms with van der Waals surface area (Å²) in [5, 5.41) is 0. The van der Waals surface area contributed by atoms with Crippen molar-refractivity contribution in [2.45, 2.75) is 11.4 Å². The normalized spacial score (nSPS) is 10.8. The number of benzene rings is 1. The molecule has 0 heterocycles. The third kappa shape index (κ3) is 2.89. The Morgan fingerprint density at radius 3 is 2.59 bits per heavy atom. The average molecular weight is 259 g/mol. The Labute approximate surface area is 97.9 Å². The zero-order chi connectivity index (χ0) is 13.1. The van der Waals surface area contributed by atoms with Gasteiger partial charge < -0.3 is 4.74 Å². The number of halogens is 1. The molecule has 0 fully saturated rings. The summed E-state index contributed by atoms with van der Waals surface area (Å²) < 4.78 is 41.5. The molecule has 0 N–H and O–H groups in total. The highest BCUT2D eigenvalue weighted by Gasteiger charge is 2.22. The SMILES string of the molecule is COc1ccc(CN=C=O)c(F)c1S(C)(=O)=O. The van der Waals surface area contributed by atoms with Gasteiger partial charge in [0.15, 0.2) is 15.7 Å². The Balaban J connectivity index is 3.48. The van der Waals surface area contributed by atoms with E-state index in [1.54, 1.807) is 0 Å². The fourth-order valence-corrected chi connectivity index (χ4v) is 2.30. The van der Waals surface area contributed by atoms with E-state index >= 15 is 0 Å². The summed E-state index contributed by atoms with van der Waals surface area (Å²) in [6.07, 6.45) is 2.13. The molecule has 1 aromatic carbocycles. The van der Waals surface area contributed by atoms with Crippen LogP contribution in [0.1, 0.15) is 5.56 Å². The number of hydrogen-bond acceptors (Lipinski definition) is 5. The number of hydrogen-bond donors (Lipinski definition) is 0. The lowest BCUT2D eigenvalue weighted by molar-refractivity contribution is 0.394. The minimum absolute atomic E-state index is 0.00502. The second kappa shape index (κ2) is 5.07. The number of carbonyl (C=O) groups excluding carboxylic acids is 1. The van der Waals surface area contributed by atoms with Gasteiger partial charge in [-0.3, -0.25) is 0 Å². The lowest BCUT2D eigenvalue weighted by Crippen LogP contribution is -2.06. The van der Waals surface area contributed by atoms with E-state index in [1.807, 2.05) is 0 Å². The minimum Gasteiger partial charge on any atom is -0.495 e. The summed E-state index contributed by atoms with van der Waals surface area (Å²) >= 11 is 0. The Morgan fingerprint density at radius 1 is 1.47 bits per heavy atom. The molecule has 0 aliphatic rings. The van der Waals surface area contributed by atoms with Crippen LogP contribution in [0.4, 0.5) is 4.39 Å². The highest BCUT2D eigenvalue weighted by Crippen LogP contribution is 2.29. The van der Waals surface area contributed by atoms with Crippen LogP contribution in [0.5, 0.6) is 5.75 Å². The molecule has 5 nitrogen and oxygen atoms in total.